The molecule has 8 heteroatoms. The number of fused-ring (bicyclic) bond motifs is 1. The van der Waals surface area contributed by atoms with Crippen molar-refractivity contribution < 1.29 is 18.7 Å². The van der Waals surface area contributed by atoms with Gasteiger partial charge in [-0.05, 0) is 53.6 Å². The van der Waals surface area contributed by atoms with Crippen molar-refractivity contribution in [3.05, 3.63) is 131 Å². The molecule has 0 saturated heterocycles. The Labute approximate surface area is 225 Å². The fourth-order valence-electron chi connectivity index (χ4n) is 4.46. The summed E-state index contributed by atoms with van der Waals surface area (Å²) < 4.78 is 20.1. The van der Waals surface area contributed by atoms with E-state index in [1.165, 1.54) is 31.4 Å². The highest BCUT2D eigenvalue weighted by atomic mass is 19.1. The van der Waals surface area contributed by atoms with Crippen molar-refractivity contribution in [2.45, 2.75) is 19.8 Å². The average Bonchev–Trinajstić information content (AvgIpc) is 3.29. The lowest BCUT2D eigenvalue weighted by Crippen LogP contribution is -2.27. The molecule has 0 atom stereocenters. The van der Waals surface area contributed by atoms with E-state index in [1.54, 1.807) is 12.1 Å². The van der Waals surface area contributed by atoms with E-state index in [0.717, 1.165) is 16.6 Å². The molecule has 0 aliphatic carbocycles. The van der Waals surface area contributed by atoms with Crippen LogP contribution in [0.1, 0.15) is 27.0 Å². The van der Waals surface area contributed by atoms with E-state index in [4.69, 9.17) is 4.74 Å². The zero-order valence-electron chi connectivity index (χ0n) is 21.4. The van der Waals surface area contributed by atoms with E-state index in [-0.39, 0.29) is 5.78 Å². The van der Waals surface area contributed by atoms with Crippen LogP contribution in [0.5, 0.6) is 0 Å². The average molecular weight is 523 g/mol. The van der Waals surface area contributed by atoms with Gasteiger partial charge in [-0.1, -0.05) is 60.7 Å². The number of ketones is 1. The van der Waals surface area contributed by atoms with Gasteiger partial charge in [0.2, 0.25) is 5.95 Å². The highest BCUT2D eigenvalue weighted by molar-refractivity contribution is 6.10. The summed E-state index contributed by atoms with van der Waals surface area (Å²) in [7, 11) is 1.29. The number of hydrogen-bond donors (Lipinski definition) is 1. The van der Waals surface area contributed by atoms with Gasteiger partial charge in [-0.3, -0.25) is 19.6 Å². The highest BCUT2D eigenvalue weighted by Gasteiger charge is 2.19. The van der Waals surface area contributed by atoms with Crippen molar-refractivity contribution in [2.24, 2.45) is 0 Å². The van der Waals surface area contributed by atoms with Crippen molar-refractivity contribution in [1.82, 2.24) is 14.5 Å². The van der Waals surface area contributed by atoms with Gasteiger partial charge in [0.15, 0.2) is 5.78 Å². The van der Waals surface area contributed by atoms with Gasteiger partial charge in [-0.25, -0.2) is 14.2 Å². The molecule has 1 N–H and O–H groups in total. The summed E-state index contributed by atoms with van der Waals surface area (Å²) in [5.41, 5.74) is 4.35. The summed E-state index contributed by atoms with van der Waals surface area (Å²) in [6.45, 7) is 1.73. The number of rotatable bonds is 9. The molecule has 0 spiro atoms. The number of nitrogens with one attached hydrogen (secondary N) is 1. The largest absolute Gasteiger partial charge is 0.453 e. The highest BCUT2D eigenvalue weighted by Crippen LogP contribution is 2.25. The fraction of sp³-hybridized carbons (Fsp3) is 0.129. The van der Waals surface area contributed by atoms with Crippen molar-refractivity contribution >= 4 is 28.9 Å². The number of aromatic nitrogens is 2. The molecule has 4 aromatic carbocycles. The molecule has 0 radical (unpaired) electrons. The quantitative estimate of drug-likeness (QED) is 0.232. The summed E-state index contributed by atoms with van der Waals surface area (Å²) in [5.74, 6) is -0.354. The lowest BCUT2D eigenvalue weighted by molar-refractivity contribution is 0.103. The molecule has 39 heavy (non-hydrogen) atoms. The second-order valence-electron chi connectivity index (χ2n) is 9.12. The number of halogens is 1. The molecular weight excluding hydrogens is 495 g/mol. The molecule has 196 valence electrons. The van der Waals surface area contributed by atoms with Crippen molar-refractivity contribution in [1.29, 1.82) is 0 Å². The summed E-state index contributed by atoms with van der Waals surface area (Å²) >= 11 is 0. The van der Waals surface area contributed by atoms with Crippen molar-refractivity contribution in [3.8, 4) is 0 Å². The van der Waals surface area contributed by atoms with E-state index in [1.807, 2.05) is 47.0 Å². The van der Waals surface area contributed by atoms with Crippen LogP contribution in [0.15, 0.2) is 103 Å². The van der Waals surface area contributed by atoms with Crippen LogP contribution in [0.3, 0.4) is 0 Å². The number of amides is 1. The summed E-state index contributed by atoms with van der Waals surface area (Å²) in [6, 6.07) is 30.9. The van der Waals surface area contributed by atoms with Crippen molar-refractivity contribution in [3.63, 3.8) is 0 Å². The van der Waals surface area contributed by atoms with Crippen LogP contribution in [0.25, 0.3) is 11.0 Å². The maximum Gasteiger partial charge on any atom is 0.413 e. The third-order valence-corrected chi connectivity index (χ3v) is 6.36. The molecule has 5 rings (SSSR count). The first-order valence-electron chi connectivity index (χ1n) is 12.5. The van der Waals surface area contributed by atoms with E-state index in [0.29, 0.717) is 42.4 Å². The van der Waals surface area contributed by atoms with E-state index < -0.39 is 11.9 Å². The first-order chi connectivity index (χ1) is 19.0. The monoisotopic (exact) mass is 522 g/mol. The minimum absolute atomic E-state index is 0.247. The molecule has 0 unspecified atom stereocenters. The standard InChI is InChI=1S/C31H27FN4O3/c1-39-31(38)34-30-33-27-18-25(29(37)24-12-15-26(32)16-13-24)14-17-28(27)36(30)21-35(19-22-8-4-2-5-9-22)20-23-10-6-3-7-11-23/h2-18H,19-21H2,1H3,(H,33,34,38). The van der Waals surface area contributed by atoms with Gasteiger partial charge in [-0.15, -0.1) is 0 Å². The maximum atomic E-state index is 13.3. The normalized spacial score (nSPS) is 11.1. The maximum absolute atomic E-state index is 13.3. The molecule has 1 amide bonds. The van der Waals surface area contributed by atoms with Crippen LogP contribution in [0.4, 0.5) is 15.1 Å². The number of carbonyl (C=O) groups excluding carboxylic acids is 2. The number of methoxy groups -OCH3 is 1. The molecule has 1 aromatic heterocycles. The minimum atomic E-state index is -0.646. The van der Waals surface area contributed by atoms with E-state index in [2.05, 4.69) is 39.5 Å². The Morgan fingerprint density at radius 1 is 0.846 bits per heavy atom. The smallest absolute Gasteiger partial charge is 0.413 e. The number of benzene rings is 4. The summed E-state index contributed by atoms with van der Waals surface area (Å²) in [6.07, 6.45) is -0.646. The van der Waals surface area contributed by atoms with Crippen molar-refractivity contribution in [2.75, 3.05) is 12.4 Å². The lowest BCUT2D eigenvalue weighted by atomic mass is 10.0. The molecule has 0 bridgehead atoms. The number of anilines is 1. The molecule has 0 saturated carbocycles. The fourth-order valence-corrected chi connectivity index (χ4v) is 4.46. The zero-order chi connectivity index (χ0) is 27.2. The number of nitrogens with zero attached hydrogens (tertiary/aromatic N) is 3. The van der Waals surface area contributed by atoms with Crippen LogP contribution in [-0.4, -0.2) is 33.4 Å². The third-order valence-electron chi connectivity index (χ3n) is 6.36. The Hall–Kier alpha value is -4.82. The second kappa shape index (κ2) is 11.7. The second-order valence-corrected chi connectivity index (χ2v) is 9.12. The molecule has 1 heterocycles. The zero-order valence-corrected chi connectivity index (χ0v) is 21.4. The molecule has 7 nitrogen and oxygen atoms in total. The molecule has 5 aromatic rings. The van der Waals surface area contributed by atoms with Crippen LogP contribution in [0.2, 0.25) is 0 Å². The Morgan fingerprint density at radius 3 is 2.03 bits per heavy atom. The molecule has 0 aliphatic heterocycles. The van der Waals surface area contributed by atoms with E-state index >= 15 is 0 Å². The SMILES string of the molecule is COC(=O)Nc1nc2cc(C(=O)c3ccc(F)cc3)ccc2n1CN(Cc1ccccc1)Cc1ccccc1. The Balaban J connectivity index is 1.52. The van der Waals surface area contributed by atoms with Gasteiger partial charge in [0.1, 0.15) is 5.82 Å². The number of hydrogen-bond acceptors (Lipinski definition) is 5. The van der Waals surface area contributed by atoms with Crippen LogP contribution >= 0.6 is 0 Å². The third kappa shape index (κ3) is 6.19. The predicted molar refractivity (Wildman–Crippen MR) is 148 cm³/mol. The van der Waals surface area contributed by atoms with E-state index in [9.17, 15) is 14.0 Å². The lowest BCUT2D eigenvalue weighted by Gasteiger charge is -2.24. The van der Waals surface area contributed by atoms with Gasteiger partial charge in [0.25, 0.3) is 0 Å². The minimum Gasteiger partial charge on any atom is -0.453 e. The Morgan fingerprint density at radius 2 is 1.44 bits per heavy atom. The predicted octanol–water partition coefficient (Wildman–Crippen LogP) is 6.24. The van der Waals surface area contributed by atoms with Gasteiger partial charge in [-0.2, -0.15) is 0 Å². The molecule has 0 aliphatic rings. The summed E-state index contributed by atoms with van der Waals surface area (Å²) in [4.78, 5) is 32.1. The summed E-state index contributed by atoms with van der Waals surface area (Å²) in [5, 5.41) is 2.71. The van der Waals surface area contributed by atoms with Crippen LogP contribution in [0, 0.1) is 5.82 Å². The van der Waals surface area contributed by atoms with Gasteiger partial charge in [0, 0.05) is 24.2 Å². The number of imidazole rings is 1. The van der Waals surface area contributed by atoms with Crippen LogP contribution < -0.4 is 5.32 Å². The first-order valence-corrected chi connectivity index (χ1v) is 12.5. The Kier molecular flexibility index (Phi) is 7.75. The topological polar surface area (TPSA) is 76.5 Å². The van der Waals surface area contributed by atoms with Gasteiger partial charge in [0.05, 0.1) is 24.8 Å². The Bertz CT molecular complexity index is 1540. The van der Waals surface area contributed by atoms with Gasteiger partial charge < -0.3 is 4.74 Å². The first kappa shape index (κ1) is 25.8. The molecular formula is C31H27FN4O3. The number of carbonyl (C=O) groups is 2. The molecule has 0 fully saturated rings. The number of ether oxygens (including phenoxy) is 1. The van der Waals surface area contributed by atoms with Crippen LogP contribution in [-0.2, 0) is 24.5 Å². The van der Waals surface area contributed by atoms with Gasteiger partial charge >= 0.3 is 6.09 Å².